The number of esters is 1. The second-order valence-electron chi connectivity index (χ2n) is 7.62. The molecule has 0 aromatic heterocycles. The van der Waals surface area contributed by atoms with Gasteiger partial charge in [-0.15, -0.1) is 0 Å². The molecule has 24 heavy (non-hydrogen) atoms. The zero-order chi connectivity index (χ0) is 17.5. The van der Waals surface area contributed by atoms with Gasteiger partial charge in [0.25, 0.3) is 0 Å². The predicted molar refractivity (Wildman–Crippen MR) is 92.5 cm³/mol. The van der Waals surface area contributed by atoms with E-state index in [0.29, 0.717) is 6.42 Å². The summed E-state index contributed by atoms with van der Waals surface area (Å²) < 4.78 is 11.3. The number of allylic oxidation sites excluding steroid dienone is 2. The van der Waals surface area contributed by atoms with E-state index in [1.165, 1.54) is 11.1 Å². The second kappa shape index (κ2) is 6.49. The molecule has 1 N–H and O–H groups in total. The predicted octanol–water partition coefficient (Wildman–Crippen LogP) is 3.60. The maximum Gasteiger partial charge on any atom is 0.334 e. The molecule has 4 atom stereocenters. The topological polar surface area (TPSA) is 59.1 Å². The van der Waals surface area contributed by atoms with Gasteiger partial charge in [0.2, 0.25) is 0 Å². The van der Waals surface area contributed by atoms with Crippen LogP contribution in [-0.2, 0) is 14.3 Å². The first-order valence-corrected chi connectivity index (χ1v) is 8.90. The van der Waals surface area contributed by atoms with Crippen molar-refractivity contribution in [3.05, 3.63) is 34.4 Å². The number of epoxide rings is 1. The molecule has 0 saturated carbocycles. The quantitative estimate of drug-likeness (QED) is 0.418. The Hall–Kier alpha value is -1.39. The fourth-order valence-electron chi connectivity index (χ4n) is 3.68. The lowest BCUT2D eigenvalue weighted by molar-refractivity contribution is -0.138. The van der Waals surface area contributed by atoms with E-state index in [1.54, 1.807) is 0 Å². The van der Waals surface area contributed by atoms with Crippen molar-refractivity contribution in [2.75, 3.05) is 0 Å². The van der Waals surface area contributed by atoms with Crippen molar-refractivity contribution >= 4 is 5.97 Å². The lowest BCUT2D eigenvalue weighted by atomic mass is 9.91. The summed E-state index contributed by atoms with van der Waals surface area (Å²) in [5.74, 6) is -0.196. The van der Waals surface area contributed by atoms with Crippen molar-refractivity contribution in [1.82, 2.24) is 0 Å². The van der Waals surface area contributed by atoms with Gasteiger partial charge in [-0.2, -0.15) is 0 Å². The van der Waals surface area contributed by atoms with Crippen molar-refractivity contribution < 1.29 is 19.4 Å². The van der Waals surface area contributed by atoms with E-state index < -0.39 is 11.7 Å². The molecular formula is C20H28O4. The Kier molecular flexibility index (Phi) is 4.71. The van der Waals surface area contributed by atoms with E-state index in [4.69, 9.17) is 9.47 Å². The van der Waals surface area contributed by atoms with Gasteiger partial charge in [0.1, 0.15) is 11.7 Å². The summed E-state index contributed by atoms with van der Waals surface area (Å²) >= 11 is 0. The zero-order valence-corrected chi connectivity index (χ0v) is 15.1. The minimum absolute atomic E-state index is 0.107. The normalized spacial score (nSPS) is 42.0. The van der Waals surface area contributed by atoms with E-state index in [-0.39, 0.29) is 18.2 Å². The number of ether oxygens (including phenoxy) is 2. The molecule has 2 heterocycles. The van der Waals surface area contributed by atoms with Crippen LogP contribution in [0.1, 0.15) is 59.8 Å². The Bertz CT molecular complexity index is 628. The van der Waals surface area contributed by atoms with E-state index in [0.717, 1.165) is 36.8 Å². The number of aliphatic hydroxyl groups is 1. The van der Waals surface area contributed by atoms with Crippen LogP contribution < -0.4 is 0 Å². The van der Waals surface area contributed by atoms with Crippen LogP contribution in [0.5, 0.6) is 0 Å². The van der Waals surface area contributed by atoms with Gasteiger partial charge >= 0.3 is 5.97 Å². The highest BCUT2D eigenvalue weighted by molar-refractivity contribution is 5.92. The molecule has 0 aromatic carbocycles. The van der Waals surface area contributed by atoms with Crippen LogP contribution in [-0.4, -0.2) is 35.0 Å². The minimum atomic E-state index is -0.463. The Morgan fingerprint density at radius 2 is 1.92 bits per heavy atom. The first kappa shape index (κ1) is 17.4. The first-order chi connectivity index (χ1) is 11.3. The summed E-state index contributed by atoms with van der Waals surface area (Å²) in [7, 11) is 0. The molecule has 0 amide bonds. The fraction of sp³-hybridized carbons (Fsp3) is 0.650. The van der Waals surface area contributed by atoms with Gasteiger partial charge in [0.05, 0.1) is 12.2 Å². The van der Waals surface area contributed by atoms with Crippen molar-refractivity contribution in [2.45, 2.75) is 83.7 Å². The van der Waals surface area contributed by atoms with E-state index in [9.17, 15) is 9.90 Å². The zero-order valence-electron chi connectivity index (χ0n) is 15.1. The van der Waals surface area contributed by atoms with Crippen LogP contribution in [0.25, 0.3) is 0 Å². The number of aliphatic hydroxyl groups excluding tert-OH is 1. The summed E-state index contributed by atoms with van der Waals surface area (Å²) in [4.78, 5) is 11.9. The van der Waals surface area contributed by atoms with Gasteiger partial charge in [0, 0.05) is 5.57 Å². The summed E-state index contributed by atoms with van der Waals surface area (Å²) in [6, 6.07) is 0. The molecule has 0 unspecified atom stereocenters. The maximum atomic E-state index is 11.9. The smallest absolute Gasteiger partial charge is 0.334 e. The Morgan fingerprint density at radius 1 is 1.17 bits per heavy atom. The maximum absolute atomic E-state index is 11.9. The molecule has 0 aromatic rings. The highest BCUT2D eigenvalue weighted by atomic mass is 16.6. The lowest BCUT2D eigenvalue weighted by Gasteiger charge is -2.16. The molecule has 3 aliphatic rings. The average Bonchev–Trinajstić information content (AvgIpc) is 3.13. The second-order valence-corrected chi connectivity index (χ2v) is 7.62. The Balaban J connectivity index is 1.83. The van der Waals surface area contributed by atoms with Crippen molar-refractivity contribution in [3.8, 4) is 0 Å². The molecule has 4 heteroatoms. The first-order valence-electron chi connectivity index (χ1n) is 8.90. The third kappa shape index (κ3) is 3.35. The van der Waals surface area contributed by atoms with Crippen LogP contribution in [0.3, 0.4) is 0 Å². The fourth-order valence-corrected chi connectivity index (χ4v) is 3.68. The molecule has 132 valence electrons. The van der Waals surface area contributed by atoms with Gasteiger partial charge in [-0.05, 0) is 71.4 Å². The molecule has 1 saturated heterocycles. The SMILES string of the molecule is CC1=C2CC/C(C)=C/C[C@H](O)[C@]3(C)O[C@H]3CC/C(C)=C/[C@@H]2OC1=O. The number of hydrogen-bond donors (Lipinski definition) is 1. The average molecular weight is 332 g/mol. The van der Waals surface area contributed by atoms with E-state index in [2.05, 4.69) is 26.0 Å². The summed E-state index contributed by atoms with van der Waals surface area (Å²) in [6.45, 7) is 8.01. The van der Waals surface area contributed by atoms with Crippen molar-refractivity contribution in [3.63, 3.8) is 0 Å². The molecule has 0 radical (unpaired) electrons. The third-order valence-corrected chi connectivity index (χ3v) is 5.72. The van der Waals surface area contributed by atoms with E-state index in [1.807, 2.05) is 13.8 Å². The lowest BCUT2D eigenvalue weighted by Crippen LogP contribution is -2.28. The molecule has 0 spiro atoms. The number of rotatable bonds is 0. The van der Waals surface area contributed by atoms with Gasteiger partial charge in [-0.1, -0.05) is 17.2 Å². The highest BCUT2D eigenvalue weighted by Crippen LogP contribution is 2.44. The minimum Gasteiger partial charge on any atom is -0.450 e. The largest absolute Gasteiger partial charge is 0.450 e. The highest BCUT2D eigenvalue weighted by Gasteiger charge is 2.56. The number of fused-ring (bicyclic) bond motifs is 2. The molecule has 1 fully saturated rings. The standard InChI is InChI=1S/C20H28O4/c1-12-5-8-15-14(3)19(22)23-16(15)11-13(2)7-10-18-20(4,24-18)17(21)9-6-12/h6,11,16-18,21H,5,7-10H2,1-4H3/b12-6+,13-11+/t16-,17-,18-,20-/m0/s1. The van der Waals surface area contributed by atoms with Crippen LogP contribution in [0, 0.1) is 0 Å². The molecule has 2 aliphatic heterocycles. The summed E-state index contributed by atoms with van der Waals surface area (Å²) in [6.07, 6.45) is 7.69. The van der Waals surface area contributed by atoms with Gasteiger partial charge < -0.3 is 14.6 Å². The number of carbonyl (C=O) groups excluding carboxylic acids is 1. The molecule has 1 aliphatic carbocycles. The van der Waals surface area contributed by atoms with Gasteiger partial charge in [-0.3, -0.25) is 0 Å². The van der Waals surface area contributed by atoms with Crippen molar-refractivity contribution in [1.29, 1.82) is 0 Å². The molecular weight excluding hydrogens is 304 g/mol. The van der Waals surface area contributed by atoms with Crippen LogP contribution in [0.2, 0.25) is 0 Å². The number of hydrogen-bond acceptors (Lipinski definition) is 4. The van der Waals surface area contributed by atoms with Crippen LogP contribution >= 0.6 is 0 Å². The summed E-state index contributed by atoms with van der Waals surface area (Å²) in [5, 5.41) is 10.4. The summed E-state index contributed by atoms with van der Waals surface area (Å²) in [5.41, 5.74) is 3.87. The monoisotopic (exact) mass is 332 g/mol. The van der Waals surface area contributed by atoms with Crippen LogP contribution in [0.4, 0.5) is 0 Å². The van der Waals surface area contributed by atoms with E-state index >= 15 is 0 Å². The van der Waals surface area contributed by atoms with Crippen molar-refractivity contribution in [2.24, 2.45) is 0 Å². The third-order valence-electron chi connectivity index (χ3n) is 5.72. The molecule has 0 bridgehead atoms. The molecule has 4 nitrogen and oxygen atoms in total. The Morgan fingerprint density at radius 3 is 2.67 bits per heavy atom. The van der Waals surface area contributed by atoms with Gasteiger partial charge in [-0.25, -0.2) is 4.79 Å². The molecule has 3 rings (SSSR count). The van der Waals surface area contributed by atoms with Gasteiger partial charge in [0.15, 0.2) is 0 Å². The Labute approximate surface area is 144 Å². The number of carbonyl (C=O) groups is 1. The van der Waals surface area contributed by atoms with Crippen LogP contribution in [0.15, 0.2) is 34.4 Å².